The summed E-state index contributed by atoms with van der Waals surface area (Å²) in [6.07, 6.45) is 3.39. The molecule has 0 amide bonds. The molecule has 0 saturated carbocycles. The number of fused-ring (bicyclic) bond motifs is 1. The van der Waals surface area contributed by atoms with E-state index in [2.05, 4.69) is 32.5 Å². The minimum Gasteiger partial charge on any atom is -0.324 e. The Morgan fingerprint density at radius 1 is 1.00 bits per heavy atom. The standard InChI is InChI=1S/C21H19ClF2N6/c1-2-3-11-30-19-17(27-21(30)26-16-10-5-4-7-13(16)22)12-25-20(29-19)28-18-14(23)8-6-9-15(18)24/h4-10,12H,2-3,11H2,1H3,(H,26,27)(H,25,28,29). The summed E-state index contributed by atoms with van der Waals surface area (Å²) >= 11 is 6.27. The summed E-state index contributed by atoms with van der Waals surface area (Å²) < 4.78 is 29.9. The van der Waals surface area contributed by atoms with Crippen LogP contribution < -0.4 is 10.6 Å². The molecule has 0 aliphatic rings. The third-order valence-corrected chi connectivity index (χ3v) is 4.87. The second-order valence-corrected chi connectivity index (χ2v) is 7.08. The lowest BCUT2D eigenvalue weighted by Crippen LogP contribution is -2.06. The first-order valence-electron chi connectivity index (χ1n) is 9.52. The summed E-state index contributed by atoms with van der Waals surface area (Å²) in [5, 5.41) is 6.43. The molecule has 0 spiro atoms. The lowest BCUT2D eigenvalue weighted by Gasteiger charge is -2.11. The molecule has 0 unspecified atom stereocenters. The van der Waals surface area contributed by atoms with E-state index in [1.165, 1.54) is 24.4 Å². The number of unbranched alkanes of at least 4 members (excludes halogenated alkanes) is 1. The predicted molar refractivity (Wildman–Crippen MR) is 115 cm³/mol. The van der Waals surface area contributed by atoms with Crippen LogP contribution in [0.4, 0.5) is 32.1 Å². The molecule has 0 atom stereocenters. The van der Waals surface area contributed by atoms with E-state index < -0.39 is 11.6 Å². The average Bonchev–Trinajstić information content (AvgIpc) is 3.07. The zero-order valence-corrected chi connectivity index (χ0v) is 16.9. The number of aryl methyl sites for hydroxylation is 1. The summed E-state index contributed by atoms with van der Waals surface area (Å²) in [6.45, 7) is 2.74. The molecule has 9 heteroatoms. The summed E-state index contributed by atoms with van der Waals surface area (Å²) in [5.74, 6) is -0.804. The fourth-order valence-electron chi connectivity index (χ4n) is 3.01. The van der Waals surface area contributed by atoms with Gasteiger partial charge in [0.05, 0.1) is 16.9 Å². The Kier molecular flexibility index (Phi) is 5.76. The highest BCUT2D eigenvalue weighted by molar-refractivity contribution is 6.33. The van der Waals surface area contributed by atoms with E-state index >= 15 is 0 Å². The highest BCUT2D eigenvalue weighted by atomic mass is 35.5. The molecular formula is C21H19ClF2N6. The van der Waals surface area contributed by atoms with Crippen LogP contribution in [0.25, 0.3) is 11.2 Å². The lowest BCUT2D eigenvalue weighted by molar-refractivity contribution is 0.590. The van der Waals surface area contributed by atoms with Gasteiger partial charge in [-0.1, -0.05) is 43.1 Å². The molecule has 4 aromatic rings. The van der Waals surface area contributed by atoms with Gasteiger partial charge < -0.3 is 10.6 Å². The van der Waals surface area contributed by atoms with Gasteiger partial charge >= 0.3 is 0 Å². The van der Waals surface area contributed by atoms with Crippen molar-refractivity contribution in [3.8, 4) is 0 Å². The Labute approximate surface area is 176 Å². The number of halogens is 3. The van der Waals surface area contributed by atoms with Crippen molar-refractivity contribution < 1.29 is 8.78 Å². The van der Waals surface area contributed by atoms with Crippen molar-refractivity contribution >= 4 is 46.0 Å². The van der Waals surface area contributed by atoms with Crippen LogP contribution >= 0.6 is 11.6 Å². The second-order valence-electron chi connectivity index (χ2n) is 6.67. The predicted octanol–water partition coefficient (Wildman–Crippen LogP) is 6.05. The molecule has 0 aliphatic carbocycles. The van der Waals surface area contributed by atoms with Crippen LogP contribution in [0.2, 0.25) is 5.02 Å². The highest BCUT2D eigenvalue weighted by Crippen LogP contribution is 2.28. The second kappa shape index (κ2) is 8.62. The maximum absolute atomic E-state index is 14.0. The smallest absolute Gasteiger partial charge is 0.229 e. The quantitative estimate of drug-likeness (QED) is 0.375. The zero-order chi connectivity index (χ0) is 21.1. The molecule has 2 heterocycles. The number of aromatic nitrogens is 4. The third kappa shape index (κ3) is 4.04. The molecular weight excluding hydrogens is 410 g/mol. The number of rotatable bonds is 7. The monoisotopic (exact) mass is 428 g/mol. The Morgan fingerprint density at radius 2 is 1.77 bits per heavy atom. The van der Waals surface area contributed by atoms with Crippen LogP contribution in [-0.2, 0) is 6.54 Å². The van der Waals surface area contributed by atoms with Gasteiger partial charge in [-0.15, -0.1) is 0 Å². The molecule has 2 aromatic heterocycles. The zero-order valence-electron chi connectivity index (χ0n) is 16.2. The molecule has 0 radical (unpaired) electrons. The van der Waals surface area contributed by atoms with Gasteiger partial charge in [-0.3, -0.25) is 4.57 Å². The molecule has 6 nitrogen and oxygen atoms in total. The summed E-state index contributed by atoms with van der Waals surface area (Å²) in [5.41, 5.74) is 1.52. The molecule has 0 bridgehead atoms. The number of hydrogen-bond donors (Lipinski definition) is 2. The van der Waals surface area contributed by atoms with Gasteiger partial charge in [-0.05, 0) is 30.7 Å². The highest BCUT2D eigenvalue weighted by Gasteiger charge is 2.16. The van der Waals surface area contributed by atoms with Gasteiger partial charge in [0.25, 0.3) is 0 Å². The molecule has 154 valence electrons. The maximum Gasteiger partial charge on any atom is 0.229 e. The van der Waals surface area contributed by atoms with Crippen LogP contribution in [0.3, 0.4) is 0 Å². The van der Waals surface area contributed by atoms with Gasteiger partial charge in [-0.25, -0.2) is 18.7 Å². The van der Waals surface area contributed by atoms with Crippen molar-refractivity contribution in [3.05, 3.63) is 65.3 Å². The van der Waals surface area contributed by atoms with Gasteiger partial charge in [0.15, 0.2) is 5.65 Å². The lowest BCUT2D eigenvalue weighted by atomic mass is 10.3. The Hall–Kier alpha value is -3.26. The number of hydrogen-bond acceptors (Lipinski definition) is 5. The largest absolute Gasteiger partial charge is 0.324 e. The number of nitrogens with zero attached hydrogens (tertiary/aromatic N) is 4. The maximum atomic E-state index is 14.0. The van der Waals surface area contributed by atoms with Gasteiger partial charge in [0.2, 0.25) is 11.9 Å². The van der Waals surface area contributed by atoms with Gasteiger partial charge in [0.1, 0.15) is 22.8 Å². The third-order valence-electron chi connectivity index (χ3n) is 4.54. The number of nitrogens with one attached hydrogen (secondary N) is 2. The molecule has 0 fully saturated rings. The molecule has 4 rings (SSSR count). The van der Waals surface area contributed by atoms with Crippen molar-refractivity contribution in [2.24, 2.45) is 0 Å². The van der Waals surface area contributed by atoms with E-state index in [1.54, 1.807) is 6.07 Å². The molecule has 30 heavy (non-hydrogen) atoms. The van der Waals surface area contributed by atoms with Crippen molar-refractivity contribution in [2.45, 2.75) is 26.3 Å². The first kappa shape index (κ1) is 20.0. The Balaban J connectivity index is 1.74. The van der Waals surface area contributed by atoms with Crippen LogP contribution in [0.1, 0.15) is 19.8 Å². The first-order valence-corrected chi connectivity index (χ1v) is 9.90. The summed E-state index contributed by atoms with van der Waals surface area (Å²) in [4.78, 5) is 13.2. The number of benzene rings is 2. The minimum absolute atomic E-state index is 0.0773. The van der Waals surface area contributed by atoms with Gasteiger partial charge in [0, 0.05) is 6.54 Å². The summed E-state index contributed by atoms with van der Waals surface area (Å²) in [6, 6.07) is 11.0. The number of anilines is 4. The van der Waals surface area contributed by atoms with Crippen LogP contribution in [0.15, 0.2) is 48.7 Å². The van der Waals surface area contributed by atoms with E-state index in [9.17, 15) is 8.78 Å². The van der Waals surface area contributed by atoms with Crippen molar-refractivity contribution in [2.75, 3.05) is 10.6 Å². The topological polar surface area (TPSA) is 67.7 Å². The van der Waals surface area contributed by atoms with Crippen molar-refractivity contribution in [1.82, 2.24) is 19.5 Å². The Bertz CT molecular complexity index is 1170. The minimum atomic E-state index is -0.723. The Morgan fingerprint density at radius 3 is 2.50 bits per heavy atom. The molecule has 2 N–H and O–H groups in total. The van der Waals surface area contributed by atoms with E-state index in [4.69, 9.17) is 11.6 Å². The summed E-state index contributed by atoms with van der Waals surface area (Å²) in [7, 11) is 0. The SMILES string of the molecule is CCCCn1c(Nc2ccccc2Cl)nc2cnc(Nc3c(F)cccc3F)nc21. The van der Waals surface area contributed by atoms with E-state index in [-0.39, 0.29) is 11.6 Å². The van der Waals surface area contributed by atoms with Crippen LogP contribution in [0.5, 0.6) is 0 Å². The molecule has 2 aromatic carbocycles. The average molecular weight is 429 g/mol. The fraction of sp³-hybridized carbons (Fsp3) is 0.190. The van der Waals surface area contributed by atoms with Crippen LogP contribution in [0, 0.1) is 11.6 Å². The van der Waals surface area contributed by atoms with Crippen molar-refractivity contribution in [3.63, 3.8) is 0 Å². The fourth-order valence-corrected chi connectivity index (χ4v) is 3.20. The molecule has 0 saturated heterocycles. The van der Waals surface area contributed by atoms with Crippen LogP contribution in [-0.4, -0.2) is 19.5 Å². The number of imidazole rings is 1. The van der Waals surface area contributed by atoms with E-state index in [0.717, 1.165) is 12.8 Å². The van der Waals surface area contributed by atoms with Gasteiger partial charge in [-0.2, -0.15) is 4.98 Å². The van der Waals surface area contributed by atoms with Crippen molar-refractivity contribution in [1.29, 1.82) is 0 Å². The first-order chi connectivity index (χ1) is 14.6. The molecule has 0 aliphatic heterocycles. The number of para-hydroxylation sites is 2. The van der Waals surface area contributed by atoms with E-state index in [0.29, 0.717) is 34.4 Å². The normalized spacial score (nSPS) is 11.1. The van der Waals surface area contributed by atoms with E-state index in [1.807, 2.05) is 22.8 Å².